The number of anilines is 1. The van der Waals surface area contributed by atoms with Gasteiger partial charge >= 0.3 is 6.09 Å². The molecule has 31 heavy (non-hydrogen) atoms. The number of pyridine rings is 2. The Hall–Kier alpha value is -3.88. The Kier molecular flexibility index (Phi) is 5.33. The van der Waals surface area contributed by atoms with Crippen LogP contribution in [0.3, 0.4) is 0 Å². The summed E-state index contributed by atoms with van der Waals surface area (Å²) in [6.45, 7) is 3.11. The highest BCUT2D eigenvalue weighted by Crippen LogP contribution is 2.26. The van der Waals surface area contributed by atoms with Crippen LogP contribution in [0.4, 0.5) is 15.0 Å². The van der Waals surface area contributed by atoms with Crippen molar-refractivity contribution in [2.24, 2.45) is 0 Å². The smallest absolute Gasteiger partial charge is 0.405 e. The molecule has 1 aliphatic rings. The lowest BCUT2D eigenvalue weighted by Gasteiger charge is -2.48. The quantitative estimate of drug-likeness (QED) is 0.632. The summed E-state index contributed by atoms with van der Waals surface area (Å²) < 4.78 is 20.0. The molecule has 2 N–H and O–H groups in total. The van der Waals surface area contributed by atoms with Gasteiger partial charge in [0.15, 0.2) is 0 Å². The van der Waals surface area contributed by atoms with Crippen LogP contribution in [0.2, 0.25) is 0 Å². The van der Waals surface area contributed by atoms with Crippen molar-refractivity contribution in [1.29, 1.82) is 0 Å². The van der Waals surface area contributed by atoms with Crippen LogP contribution >= 0.6 is 0 Å². The number of carboxylic acid groups (broad SMARTS) is 1. The summed E-state index contributed by atoms with van der Waals surface area (Å²) in [6, 6.07) is 12.6. The zero-order valence-corrected chi connectivity index (χ0v) is 16.8. The van der Waals surface area contributed by atoms with Gasteiger partial charge in [-0.3, -0.25) is 9.36 Å². The molecular weight excluding hydrogens is 403 g/mol. The van der Waals surface area contributed by atoms with Crippen LogP contribution in [0.1, 0.15) is 12.5 Å². The molecule has 1 saturated heterocycles. The molecule has 8 nitrogen and oxygen atoms in total. The lowest BCUT2D eigenvalue weighted by Crippen LogP contribution is -2.68. The SMILES string of the molecule is CC1(NC(=O)O)CN(c2ccc(-n3ccc(OCc4ccc(F)cc4)cc3=O)cn2)C1. The summed E-state index contributed by atoms with van der Waals surface area (Å²) in [6.07, 6.45) is 2.15. The number of ether oxygens (including phenoxy) is 1. The van der Waals surface area contributed by atoms with Gasteiger partial charge in [-0.25, -0.2) is 14.2 Å². The van der Waals surface area contributed by atoms with E-state index in [9.17, 15) is 14.0 Å². The molecule has 0 aliphatic carbocycles. The van der Waals surface area contributed by atoms with Crippen LogP contribution in [-0.4, -0.2) is 39.4 Å². The molecule has 0 bridgehead atoms. The van der Waals surface area contributed by atoms with E-state index in [1.807, 2.05) is 11.8 Å². The maximum atomic E-state index is 13.0. The average molecular weight is 424 g/mol. The van der Waals surface area contributed by atoms with Crippen LogP contribution in [0.15, 0.2) is 65.7 Å². The maximum Gasteiger partial charge on any atom is 0.405 e. The maximum absolute atomic E-state index is 13.0. The predicted molar refractivity (Wildman–Crippen MR) is 112 cm³/mol. The topological polar surface area (TPSA) is 96.7 Å². The van der Waals surface area contributed by atoms with E-state index >= 15 is 0 Å². The lowest BCUT2D eigenvalue weighted by molar-refractivity contribution is 0.172. The van der Waals surface area contributed by atoms with Crippen LogP contribution in [0.5, 0.6) is 5.75 Å². The summed E-state index contributed by atoms with van der Waals surface area (Å²) in [5, 5.41) is 11.4. The van der Waals surface area contributed by atoms with Gasteiger partial charge in [-0.15, -0.1) is 0 Å². The van der Waals surface area contributed by atoms with Crippen molar-refractivity contribution in [3.05, 3.63) is 82.7 Å². The summed E-state index contributed by atoms with van der Waals surface area (Å²) >= 11 is 0. The summed E-state index contributed by atoms with van der Waals surface area (Å²) in [4.78, 5) is 29.7. The van der Waals surface area contributed by atoms with E-state index in [4.69, 9.17) is 9.84 Å². The van der Waals surface area contributed by atoms with Crippen molar-refractivity contribution in [2.45, 2.75) is 19.1 Å². The molecule has 2 aromatic heterocycles. The minimum atomic E-state index is -1.05. The molecule has 0 saturated carbocycles. The van der Waals surface area contributed by atoms with Gasteiger partial charge in [0.25, 0.3) is 5.56 Å². The second-order valence-corrected chi connectivity index (χ2v) is 7.71. The van der Waals surface area contributed by atoms with E-state index in [0.717, 1.165) is 5.56 Å². The minimum absolute atomic E-state index is 0.228. The zero-order chi connectivity index (χ0) is 22.0. The molecular formula is C22H21FN4O4. The Morgan fingerprint density at radius 2 is 1.97 bits per heavy atom. The van der Waals surface area contributed by atoms with Gasteiger partial charge in [0, 0.05) is 25.4 Å². The van der Waals surface area contributed by atoms with Crippen LogP contribution in [-0.2, 0) is 6.61 Å². The first-order chi connectivity index (χ1) is 14.8. The lowest BCUT2D eigenvalue weighted by atomic mass is 9.92. The Bertz CT molecular complexity index is 1140. The fourth-order valence-electron chi connectivity index (χ4n) is 3.51. The van der Waals surface area contributed by atoms with Gasteiger partial charge in [-0.2, -0.15) is 0 Å². The summed E-state index contributed by atoms with van der Waals surface area (Å²) in [7, 11) is 0. The van der Waals surface area contributed by atoms with Crippen LogP contribution in [0, 0.1) is 5.82 Å². The van der Waals surface area contributed by atoms with Gasteiger partial charge in [-0.1, -0.05) is 12.1 Å². The third kappa shape index (κ3) is 4.66. The van der Waals surface area contributed by atoms with Gasteiger partial charge in [0.05, 0.1) is 17.4 Å². The minimum Gasteiger partial charge on any atom is -0.489 e. The summed E-state index contributed by atoms with van der Waals surface area (Å²) in [5.74, 6) is 0.813. The molecule has 3 heterocycles. The van der Waals surface area contributed by atoms with Crippen molar-refractivity contribution < 1.29 is 19.0 Å². The number of rotatable bonds is 6. The number of hydrogen-bond donors (Lipinski definition) is 2. The first-order valence-corrected chi connectivity index (χ1v) is 9.64. The molecule has 0 radical (unpaired) electrons. The van der Waals surface area contributed by atoms with Gasteiger partial charge in [0.1, 0.15) is 24.0 Å². The number of halogens is 1. The zero-order valence-electron chi connectivity index (χ0n) is 16.8. The van der Waals surface area contributed by atoms with Crippen LogP contribution < -0.4 is 20.5 Å². The Balaban J connectivity index is 1.40. The Morgan fingerprint density at radius 3 is 2.58 bits per heavy atom. The van der Waals surface area contributed by atoms with Crippen molar-refractivity contribution in [1.82, 2.24) is 14.9 Å². The molecule has 1 aliphatic heterocycles. The molecule has 0 atom stereocenters. The Morgan fingerprint density at radius 1 is 1.23 bits per heavy atom. The average Bonchev–Trinajstić information content (AvgIpc) is 2.71. The highest BCUT2D eigenvalue weighted by atomic mass is 19.1. The van der Waals surface area contributed by atoms with Crippen molar-refractivity contribution >= 4 is 11.9 Å². The van der Waals surface area contributed by atoms with E-state index in [-0.39, 0.29) is 18.0 Å². The normalized spacial score (nSPS) is 14.6. The van der Waals surface area contributed by atoms with E-state index in [1.165, 1.54) is 22.8 Å². The third-order valence-electron chi connectivity index (χ3n) is 5.03. The van der Waals surface area contributed by atoms with E-state index < -0.39 is 11.6 Å². The molecule has 3 aromatic rings. The molecule has 0 spiro atoms. The third-order valence-corrected chi connectivity index (χ3v) is 5.03. The second kappa shape index (κ2) is 8.10. The van der Waals surface area contributed by atoms with Crippen molar-refractivity contribution in [3.8, 4) is 11.4 Å². The number of nitrogens with one attached hydrogen (secondary N) is 1. The largest absolute Gasteiger partial charge is 0.489 e. The van der Waals surface area contributed by atoms with Crippen molar-refractivity contribution in [3.63, 3.8) is 0 Å². The first-order valence-electron chi connectivity index (χ1n) is 9.64. The number of aromatic nitrogens is 2. The molecule has 9 heteroatoms. The number of nitrogens with zero attached hydrogens (tertiary/aromatic N) is 3. The number of benzene rings is 1. The first kappa shape index (κ1) is 20.4. The second-order valence-electron chi connectivity index (χ2n) is 7.71. The van der Waals surface area contributed by atoms with E-state index in [0.29, 0.717) is 30.3 Å². The molecule has 1 aromatic carbocycles. The van der Waals surface area contributed by atoms with Gasteiger partial charge in [-0.05, 0) is 42.8 Å². The molecule has 1 amide bonds. The number of amides is 1. The van der Waals surface area contributed by atoms with Gasteiger partial charge < -0.3 is 20.1 Å². The van der Waals surface area contributed by atoms with E-state index in [1.54, 1.807) is 42.7 Å². The Labute approximate surface area is 177 Å². The molecule has 1 fully saturated rings. The number of hydrogen-bond acceptors (Lipinski definition) is 5. The van der Waals surface area contributed by atoms with Gasteiger partial charge in [0.2, 0.25) is 0 Å². The summed E-state index contributed by atoms with van der Waals surface area (Å²) in [5.41, 5.74) is 0.637. The molecule has 160 valence electrons. The monoisotopic (exact) mass is 424 g/mol. The fraction of sp³-hybridized carbons (Fsp3) is 0.227. The van der Waals surface area contributed by atoms with Crippen molar-refractivity contribution in [2.75, 3.05) is 18.0 Å². The van der Waals surface area contributed by atoms with Crippen LogP contribution in [0.25, 0.3) is 5.69 Å². The highest BCUT2D eigenvalue weighted by Gasteiger charge is 2.40. The molecule has 4 rings (SSSR count). The number of carbonyl (C=O) groups is 1. The highest BCUT2D eigenvalue weighted by molar-refractivity contribution is 5.67. The molecule has 0 unspecified atom stereocenters. The van der Waals surface area contributed by atoms with E-state index in [2.05, 4.69) is 10.3 Å². The fourth-order valence-corrected chi connectivity index (χ4v) is 3.51. The predicted octanol–water partition coefficient (Wildman–Crippen LogP) is 2.80. The standard InChI is InChI=1S/C22H21FN4O4/c1-22(25-21(29)30)13-26(14-22)19-7-6-17(11-24-19)27-9-8-18(10-20(27)28)31-12-15-2-4-16(23)5-3-15/h2-11,25H,12-14H2,1H3,(H,29,30).